The van der Waals surface area contributed by atoms with Crippen molar-refractivity contribution in [3.05, 3.63) is 35.4 Å². The summed E-state index contributed by atoms with van der Waals surface area (Å²) < 4.78 is 0. The first-order chi connectivity index (χ1) is 12.4. The summed E-state index contributed by atoms with van der Waals surface area (Å²) in [4.78, 5) is 28.4. The van der Waals surface area contributed by atoms with Crippen LogP contribution in [0.15, 0.2) is 24.3 Å². The Hall–Kier alpha value is -1.59. The first-order valence-electron chi connectivity index (χ1n) is 9.70. The summed E-state index contributed by atoms with van der Waals surface area (Å²) in [7, 11) is 3.80. The van der Waals surface area contributed by atoms with Crippen molar-refractivity contribution in [3.8, 4) is 0 Å². The number of nitrogens with zero attached hydrogens (tertiary/aromatic N) is 2. The Kier molecular flexibility index (Phi) is 9.81. The minimum atomic E-state index is -0.00288. The molecule has 1 fully saturated rings. The lowest BCUT2D eigenvalue weighted by molar-refractivity contribution is -0.133. The lowest BCUT2D eigenvalue weighted by Crippen LogP contribution is -2.39. The highest BCUT2D eigenvalue weighted by atomic mass is 35.5. The molecule has 152 valence electrons. The van der Waals surface area contributed by atoms with Gasteiger partial charge in [-0.1, -0.05) is 26.0 Å². The van der Waals surface area contributed by atoms with Crippen LogP contribution in [0, 0.1) is 11.8 Å². The number of benzene rings is 1. The summed E-state index contributed by atoms with van der Waals surface area (Å²) in [5.41, 5.74) is 1.78. The van der Waals surface area contributed by atoms with E-state index in [-0.39, 0.29) is 30.1 Å². The van der Waals surface area contributed by atoms with Crippen LogP contribution >= 0.6 is 12.4 Å². The largest absolute Gasteiger partial charge is 0.341 e. The maximum atomic E-state index is 12.7. The molecule has 5 nitrogen and oxygen atoms in total. The average Bonchev–Trinajstić information content (AvgIpc) is 2.66. The summed E-state index contributed by atoms with van der Waals surface area (Å²) in [5, 5.41) is 3.20. The van der Waals surface area contributed by atoms with E-state index < -0.39 is 0 Å². The zero-order chi connectivity index (χ0) is 19.1. The van der Waals surface area contributed by atoms with E-state index in [9.17, 15) is 9.59 Å². The predicted octanol–water partition coefficient (Wildman–Crippen LogP) is 3.18. The third kappa shape index (κ3) is 6.82. The van der Waals surface area contributed by atoms with Crippen molar-refractivity contribution in [1.82, 2.24) is 15.1 Å². The van der Waals surface area contributed by atoms with Gasteiger partial charge in [0, 0.05) is 38.2 Å². The van der Waals surface area contributed by atoms with Crippen molar-refractivity contribution < 1.29 is 9.59 Å². The van der Waals surface area contributed by atoms with Gasteiger partial charge in [-0.2, -0.15) is 0 Å². The van der Waals surface area contributed by atoms with Gasteiger partial charge >= 0.3 is 0 Å². The Morgan fingerprint density at radius 2 is 1.78 bits per heavy atom. The SMILES string of the molecule is CNCCC1CCN(C(=O)c2ccc(CN(C)C(=O)C(C)C)cc2)CC1.Cl. The molecule has 0 atom stereocenters. The number of nitrogens with one attached hydrogen (secondary N) is 1. The van der Waals surface area contributed by atoms with Crippen LogP contribution < -0.4 is 5.32 Å². The number of hydrogen-bond donors (Lipinski definition) is 1. The number of rotatable bonds is 7. The third-order valence-corrected chi connectivity index (χ3v) is 5.20. The molecule has 0 bridgehead atoms. The van der Waals surface area contributed by atoms with E-state index in [1.54, 1.807) is 4.90 Å². The number of likely N-dealkylation sites (tertiary alicyclic amines) is 1. The van der Waals surface area contributed by atoms with E-state index in [1.165, 1.54) is 6.42 Å². The maximum absolute atomic E-state index is 12.7. The summed E-state index contributed by atoms with van der Waals surface area (Å²) in [6.45, 7) is 7.13. The van der Waals surface area contributed by atoms with E-state index in [4.69, 9.17) is 0 Å². The fourth-order valence-corrected chi connectivity index (χ4v) is 3.50. The van der Waals surface area contributed by atoms with Gasteiger partial charge in [-0.15, -0.1) is 12.4 Å². The van der Waals surface area contributed by atoms with E-state index in [0.29, 0.717) is 6.54 Å². The molecule has 0 unspecified atom stereocenters. The molecule has 0 saturated carbocycles. The molecule has 0 aliphatic carbocycles. The molecule has 1 N–H and O–H groups in total. The van der Waals surface area contributed by atoms with Gasteiger partial charge in [0.2, 0.25) is 5.91 Å². The zero-order valence-electron chi connectivity index (χ0n) is 17.0. The van der Waals surface area contributed by atoms with Crippen LogP contribution in [0.4, 0.5) is 0 Å². The number of carbonyl (C=O) groups excluding carboxylic acids is 2. The fourth-order valence-electron chi connectivity index (χ4n) is 3.50. The smallest absolute Gasteiger partial charge is 0.253 e. The predicted molar refractivity (Wildman–Crippen MR) is 112 cm³/mol. The summed E-state index contributed by atoms with van der Waals surface area (Å²) >= 11 is 0. The number of amides is 2. The van der Waals surface area contributed by atoms with Gasteiger partial charge in [0.25, 0.3) is 5.91 Å². The second-order valence-electron chi connectivity index (χ2n) is 7.67. The van der Waals surface area contributed by atoms with Crippen LogP contribution in [-0.2, 0) is 11.3 Å². The Morgan fingerprint density at radius 1 is 1.19 bits per heavy atom. The van der Waals surface area contributed by atoms with Crippen molar-refractivity contribution in [2.75, 3.05) is 33.7 Å². The molecule has 2 rings (SSSR count). The molecule has 0 radical (unpaired) electrons. The number of halogens is 1. The van der Waals surface area contributed by atoms with Crippen LogP contribution in [0.5, 0.6) is 0 Å². The topological polar surface area (TPSA) is 52.7 Å². The molecule has 1 aromatic carbocycles. The van der Waals surface area contributed by atoms with Crippen LogP contribution in [0.25, 0.3) is 0 Å². The molecule has 1 heterocycles. The number of piperidine rings is 1. The normalized spacial score (nSPS) is 14.8. The minimum absolute atomic E-state index is 0. The van der Waals surface area contributed by atoms with Crippen LogP contribution in [0.1, 0.15) is 49.0 Å². The first kappa shape index (κ1) is 23.4. The molecule has 0 aromatic heterocycles. The van der Waals surface area contributed by atoms with Gasteiger partial charge in [-0.3, -0.25) is 9.59 Å². The van der Waals surface area contributed by atoms with Gasteiger partial charge in [0.05, 0.1) is 0 Å². The van der Waals surface area contributed by atoms with E-state index in [1.807, 2.05) is 57.1 Å². The first-order valence-corrected chi connectivity index (χ1v) is 9.70. The molecular weight excluding hydrogens is 362 g/mol. The van der Waals surface area contributed by atoms with Gasteiger partial charge in [-0.05, 0) is 56.5 Å². The molecule has 1 aromatic rings. The highest BCUT2D eigenvalue weighted by Crippen LogP contribution is 2.21. The van der Waals surface area contributed by atoms with Gasteiger partial charge in [-0.25, -0.2) is 0 Å². The zero-order valence-corrected chi connectivity index (χ0v) is 17.8. The van der Waals surface area contributed by atoms with Crippen molar-refractivity contribution in [2.24, 2.45) is 11.8 Å². The van der Waals surface area contributed by atoms with Gasteiger partial charge < -0.3 is 15.1 Å². The Labute approximate surface area is 169 Å². The summed E-state index contributed by atoms with van der Waals surface area (Å²) in [6.07, 6.45) is 3.37. The second kappa shape index (κ2) is 11.3. The lowest BCUT2D eigenvalue weighted by Gasteiger charge is -2.32. The maximum Gasteiger partial charge on any atom is 0.253 e. The van der Waals surface area contributed by atoms with Crippen LogP contribution in [-0.4, -0.2) is 55.3 Å². The summed E-state index contributed by atoms with van der Waals surface area (Å²) in [6, 6.07) is 7.69. The Bertz CT molecular complexity index is 596. The quantitative estimate of drug-likeness (QED) is 0.771. The third-order valence-electron chi connectivity index (χ3n) is 5.20. The monoisotopic (exact) mass is 395 g/mol. The number of carbonyl (C=O) groups is 2. The van der Waals surface area contributed by atoms with Crippen molar-refractivity contribution in [2.45, 2.75) is 39.7 Å². The molecule has 1 aliphatic rings. The highest BCUT2D eigenvalue weighted by molar-refractivity contribution is 5.94. The lowest BCUT2D eigenvalue weighted by atomic mass is 9.93. The van der Waals surface area contributed by atoms with Gasteiger partial charge in [0.1, 0.15) is 0 Å². The Balaban J connectivity index is 0.00000364. The molecule has 1 saturated heterocycles. The molecule has 0 spiro atoms. The molecule has 27 heavy (non-hydrogen) atoms. The van der Waals surface area contributed by atoms with Gasteiger partial charge in [0.15, 0.2) is 0 Å². The van der Waals surface area contributed by atoms with Crippen molar-refractivity contribution >= 4 is 24.2 Å². The van der Waals surface area contributed by atoms with Crippen molar-refractivity contribution in [1.29, 1.82) is 0 Å². The second-order valence-corrected chi connectivity index (χ2v) is 7.67. The molecular formula is C21H34ClN3O2. The summed E-state index contributed by atoms with van der Waals surface area (Å²) in [5.74, 6) is 0.973. The van der Waals surface area contributed by atoms with E-state index in [2.05, 4.69) is 5.32 Å². The van der Waals surface area contributed by atoms with E-state index in [0.717, 1.165) is 49.5 Å². The highest BCUT2D eigenvalue weighted by Gasteiger charge is 2.23. The average molecular weight is 396 g/mol. The minimum Gasteiger partial charge on any atom is -0.341 e. The van der Waals surface area contributed by atoms with E-state index >= 15 is 0 Å². The van der Waals surface area contributed by atoms with Crippen molar-refractivity contribution in [3.63, 3.8) is 0 Å². The molecule has 6 heteroatoms. The molecule has 1 aliphatic heterocycles. The molecule has 2 amide bonds. The number of hydrogen-bond acceptors (Lipinski definition) is 3. The Morgan fingerprint density at radius 3 is 2.30 bits per heavy atom. The van der Waals surface area contributed by atoms with Crippen LogP contribution in [0.2, 0.25) is 0 Å². The van der Waals surface area contributed by atoms with Crippen LogP contribution in [0.3, 0.4) is 0 Å². The standard InChI is InChI=1S/C21H33N3O2.ClH/c1-16(2)20(25)23(4)15-18-5-7-19(8-6-18)21(26)24-13-10-17(11-14-24)9-12-22-3;/h5-8,16-17,22H,9-15H2,1-4H3;1H. The fraction of sp³-hybridized carbons (Fsp3) is 0.619.